The number of carbonyl (C=O) groups excluding carboxylic acids is 3. The van der Waals surface area contributed by atoms with Crippen molar-refractivity contribution in [2.45, 2.75) is 98.4 Å². The Labute approximate surface area is 221 Å². The normalized spacial score (nSPS) is 39.0. The van der Waals surface area contributed by atoms with E-state index in [0.29, 0.717) is 22.5 Å². The summed E-state index contributed by atoms with van der Waals surface area (Å²) in [5.74, 6) is 2.92. The van der Waals surface area contributed by atoms with Gasteiger partial charge in [0.2, 0.25) is 5.91 Å². The number of carboxylic acid groups (broad SMARTS) is 1. The largest absolute Gasteiger partial charge is 0.479 e. The maximum absolute atomic E-state index is 12.2. The third-order valence-corrected chi connectivity index (χ3v) is 10.6. The molecule has 0 radical (unpaired) electrons. The first-order valence-corrected chi connectivity index (χ1v) is 14.2. The van der Waals surface area contributed by atoms with Crippen LogP contribution in [0.15, 0.2) is 0 Å². The lowest BCUT2D eigenvalue weighted by Crippen LogP contribution is -2.53. The number of hydrogen-bond acceptors (Lipinski definition) is 6. The van der Waals surface area contributed by atoms with E-state index in [-0.39, 0.29) is 6.54 Å². The zero-order valence-corrected chi connectivity index (χ0v) is 23.4. The molecule has 210 valence electrons. The predicted molar refractivity (Wildman–Crippen MR) is 140 cm³/mol. The maximum Gasteiger partial charge on any atom is 0.341 e. The Bertz CT molecular complexity index is 874. The summed E-state index contributed by atoms with van der Waals surface area (Å²) in [6.07, 6.45) is 12.6. The van der Waals surface area contributed by atoms with Gasteiger partial charge in [-0.1, -0.05) is 27.2 Å². The van der Waals surface area contributed by atoms with Crippen LogP contribution in [0, 0.1) is 46.3 Å². The molecular formula is C29H48N2O6. The second-order valence-electron chi connectivity index (χ2n) is 12.9. The van der Waals surface area contributed by atoms with E-state index in [2.05, 4.69) is 30.8 Å². The van der Waals surface area contributed by atoms with E-state index < -0.39 is 30.5 Å². The van der Waals surface area contributed by atoms with Crippen LogP contribution in [0.2, 0.25) is 0 Å². The summed E-state index contributed by atoms with van der Waals surface area (Å²) in [4.78, 5) is 43.7. The first-order chi connectivity index (χ1) is 17.3. The minimum atomic E-state index is -1.25. The number of ether oxygens (including phenoxy) is 1. The molecule has 0 bridgehead atoms. The molecule has 0 aromatic carbocycles. The molecule has 4 aliphatic rings. The molecule has 4 saturated carbocycles. The number of rotatable bonds is 6. The van der Waals surface area contributed by atoms with E-state index >= 15 is 0 Å². The van der Waals surface area contributed by atoms with Crippen molar-refractivity contribution in [1.29, 1.82) is 0 Å². The summed E-state index contributed by atoms with van der Waals surface area (Å²) in [6.45, 7) is 9.81. The molecule has 8 heteroatoms. The number of nitrogens with one attached hydrogen (secondary N) is 1. The molecule has 0 spiro atoms. The van der Waals surface area contributed by atoms with E-state index in [4.69, 9.17) is 10.8 Å². The van der Waals surface area contributed by atoms with Gasteiger partial charge in [0.15, 0.2) is 6.61 Å². The Hall–Kier alpha value is -1.96. The Kier molecular flexibility index (Phi) is 9.46. The van der Waals surface area contributed by atoms with Crippen LogP contribution < -0.4 is 11.1 Å². The highest BCUT2D eigenvalue weighted by Gasteiger charge is 2.60. The molecule has 9 unspecified atom stereocenters. The predicted octanol–water partition coefficient (Wildman–Crippen LogP) is 3.95. The van der Waals surface area contributed by atoms with Gasteiger partial charge >= 0.3 is 11.9 Å². The summed E-state index contributed by atoms with van der Waals surface area (Å²) in [6, 6.07) is -0.720. The van der Waals surface area contributed by atoms with Gasteiger partial charge in [-0.05, 0) is 106 Å². The third kappa shape index (κ3) is 6.37. The van der Waals surface area contributed by atoms with E-state index in [1.165, 1.54) is 64.7 Å². The number of hydrogen-bond donors (Lipinski definition) is 3. The van der Waals surface area contributed by atoms with Crippen molar-refractivity contribution in [3.8, 4) is 0 Å². The summed E-state index contributed by atoms with van der Waals surface area (Å²) >= 11 is 0. The van der Waals surface area contributed by atoms with Crippen molar-refractivity contribution in [3.05, 3.63) is 0 Å². The molecule has 9 atom stereocenters. The van der Waals surface area contributed by atoms with E-state index in [0.717, 1.165) is 29.6 Å². The number of esters is 1. The highest BCUT2D eigenvalue weighted by Crippen LogP contribution is 2.67. The third-order valence-electron chi connectivity index (χ3n) is 10.6. The number of fused-ring (bicyclic) bond motifs is 5. The Morgan fingerprint density at radius 1 is 1.00 bits per heavy atom. The number of nitrogens with two attached hydrogens (primary N) is 1. The Morgan fingerprint density at radius 2 is 1.65 bits per heavy atom. The SMILES string of the molecule is CC(=O)C1CCC2C3CCC4CC(C)CCC4(C)C3CCC12C.CC(N)C(=O)NCC(=O)OCC(=O)O. The van der Waals surface area contributed by atoms with Gasteiger partial charge in [0.1, 0.15) is 12.3 Å². The van der Waals surface area contributed by atoms with Gasteiger partial charge < -0.3 is 20.9 Å². The van der Waals surface area contributed by atoms with Gasteiger partial charge in [0.05, 0.1) is 6.04 Å². The van der Waals surface area contributed by atoms with Crippen molar-refractivity contribution < 1.29 is 29.0 Å². The van der Waals surface area contributed by atoms with Crippen molar-refractivity contribution in [2.24, 2.45) is 52.1 Å². The van der Waals surface area contributed by atoms with Crippen LogP contribution in [0.25, 0.3) is 0 Å². The van der Waals surface area contributed by atoms with Crippen LogP contribution >= 0.6 is 0 Å². The molecule has 8 nitrogen and oxygen atoms in total. The molecule has 4 N–H and O–H groups in total. The van der Waals surface area contributed by atoms with Crippen molar-refractivity contribution in [1.82, 2.24) is 5.32 Å². The van der Waals surface area contributed by atoms with Gasteiger partial charge in [-0.25, -0.2) is 4.79 Å². The van der Waals surface area contributed by atoms with Gasteiger partial charge in [-0.3, -0.25) is 14.4 Å². The number of carbonyl (C=O) groups is 4. The van der Waals surface area contributed by atoms with E-state index in [1.54, 1.807) is 0 Å². The average Bonchev–Trinajstić information content (AvgIpc) is 3.19. The first kappa shape index (κ1) is 29.6. The Morgan fingerprint density at radius 3 is 2.27 bits per heavy atom. The molecule has 0 aromatic rings. The maximum atomic E-state index is 12.2. The van der Waals surface area contributed by atoms with Crippen LogP contribution in [-0.4, -0.2) is 47.9 Å². The van der Waals surface area contributed by atoms with E-state index in [1.807, 2.05) is 6.92 Å². The molecule has 0 heterocycles. The van der Waals surface area contributed by atoms with Crippen LogP contribution in [0.5, 0.6) is 0 Å². The van der Waals surface area contributed by atoms with Crippen molar-refractivity contribution in [3.63, 3.8) is 0 Å². The zero-order valence-electron chi connectivity index (χ0n) is 23.4. The molecule has 0 aliphatic heterocycles. The fourth-order valence-electron chi connectivity index (χ4n) is 8.65. The standard InChI is InChI=1S/C22H36O.C7H12N2O5/c1-14-9-11-21(3)16(13-14)5-6-17-19-8-7-18(15(2)23)22(19,4)12-10-20(17)21;1-4(8)7(13)9-2-6(12)14-3-5(10)11/h14,16-20H,5-13H2,1-4H3;4H,2-3,8H2,1H3,(H,9,13)(H,10,11). The molecule has 37 heavy (non-hydrogen) atoms. The number of carboxylic acids is 1. The van der Waals surface area contributed by atoms with Gasteiger partial charge in [-0.2, -0.15) is 0 Å². The van der Waals surface area contributed by atoms with Gasteiger partial charge in [0, 0.05) is 5.92 Å². The smallest absolute Gasteiger partial charge is 0.341 e. The molecular weight excluding hydrogens is 472 g/mol. The molecule has 1 amide bonds. The van der Waals surface area contributed by atoms with Crippen LogP contribution in [-0.2, 0) is 23.9 Å². The fourth-order valence-corrected chi connectivity index (χ4v) is 8.65. The van der Waals surface area contributed by atoms with Gasteiger partial charge in [0.25, 0.3) is 0 Å². The monoisotopic (exact) mass is 520 g/mol. The lowest BCUT2D eigenvalue weighted by molar-refractivity contribution is -0.154. The Balaban J connectivity index is 0.000000236. The summed E-state index contributed by atoms with van der Waals surface area (Å²) in [5, 5.41) is 10.3. The van der Waals surface area contributed by atoms with Gasteiger partial charge in [-0.15, -0.1) is 0 Å². The van der Waals surface area contributed by atoms with Crippen LogP contribution in [0.1, 0.15) is 92.4 Å². The van der Waals surface area contributed by atoms with Crippen molar-refractivity contribution in [2.75, 3.05) is 13.2 Å². The highest BCUT2D eigenvalue weighted by atomic mass is 16.5. The topological polar surface area (TPSA) is 136 Å². The second kappa shape index (κ2) is 11.8. The molecule has 0 saturated heterocycles. The summed E-state index contributed by atoms with van der Waals surface area (Å²) < 4.78 is 4.24. The zero-order chi connectivity index (χ0) is 27.5. The molecule has 0 aromatic heterocycles. The lowest BCUT2D eigenvalue weighted by atomic mass is 9.44. The lowest BCUT2D eigenvalue weighted by Gasteiger charge is -2.61. The number of aliphatic carboxylic acids is 1. The summed E-state index contributed by atoms with van der Waals surface area (Å²) in [7, 11) is 0. The average molecular weight is 521 g/mol. The molecule has 4 fully saturated rings. The first-order valence-electron chi connectivity index (χ1n) is 14.2. The number of ketones is 1. The molecule has 4 rings (SSSR count). The minimum Gasteiger partial charge on any atom is -0.479 e. The number of Topliss-reactive ketones (excluding diaryl/α,β-unsaturated/α-hetero) is 1. The van der Waals surface area contributed by atoms with Crippen molar-refractivity contribution >= 4 is 23.6 Å². The second-order valence-corrected chi connectivity index (χ2v) is 12.9. The van der Waals surface area contributed by atoms with E-state index in [9.17, 15) is 19.2 Å². The quantitative estimate of drug-likeness (QED) is 0.451. The summed E-state index contributed by atoms with van der Waals surface area (Å²) in [5.41, 5.74) is 6.13. The van der Waals surface area contributed by atoms with Crippen LogP contribution in [0.3, 0.4) is 0 Å². The molecule has 4 aliphatic carbocycles. The number of amides is 1. The minimum absolute atomic E-state index is 0.332. The highest BCUT2D eigenvalue weighted by molar-refractivity contribution is 5.85. The van der Waals surface area contributed by atoms with Crippen LogP contribution in [0.4, 0.5) is 0 Å². The fraction of sp³-hybridized carbons (Fsp3) is 0.862.